The Morgan fingerprint density at radius 2 is 1.11 bits per heavy atom. The largest absolute Gasteiger partial charge is 0.497 e. The van der Waals surface area contributed by atoms with Crippen LogP contribution < -0.4 is 10.2 Å². The first-order valence-electron chi connectivity index (χ1n) is 22.3. The zero-order valence-electron chi connectivity index (χ0n) is 38.4. The van der Waals surface area contributed by atoms with Gasteiger partial charge in [0.25, 0.3) is 0 Å². The SMILES string of the molecule is CONc1nc(C(c2ccccc2)(c2ccccc2)c2ccccc2)nc2c1ncn2CCC(CO[Si](C)(C)C(C)(C)C)OC(c1ccccc1)(c1ccccc1)c1cccc(OC)c1. The van der Waals surface area contributed by atoms with Crippen LogP contribution in [0.2, 0.25) is 18.1 Å². The third-order valence-electron chi connectivity index (χ3n) is 12.9. The average molecular weight is 882 g/mol. The first-order chi connectivity index (χ1) is 31.5. The minimum Gasteiger partial charge on any atom is -0.497 e. The molecular formula is C55H59N5O4Si. The molecule has 332 valence electrons. The number of benzene rings is 6. The number of ether oxygens (including phenoxy) is 2. The number of nitrogens with one attached hydrogen (secondary N) is 1. The molecule has 0 radical (unpaired) electrons. The molecule has 0 spiro atoms. The lowest BCUT2D eigenvalue weighted by molar-refractivity contribution is -0.0719. The molecule has 0 aliphatic rings. The summed E-state index contributed by atoms with van der Waals surface area (Å²) in [4.78, 5) is 21.3. The standard InChI is InChI=1S/C55H59N5O4Si/c1-53(2,3)65(6,7)63-39-48(64-55(44-30-19-11-20-31-44,45-32-21-12-22-33-45)46-34-23-35-47(38-46)61-4)36-37-60-40-56-49-50(59-62-5)57-52(58-51(49)60)54(41-24-13-8-14-25-41,42-26-15-9-16-27-42)43-28-17-10-18-29-43/h8-35,38,40,48H,36-37,39H2,1-7H3,(H,57,58,59). The Bertz CT molecular complexity index is 2630. The van der Waals surface area contributed by atoms with E-state index in [0.29, 0.717) is 42.4 Å². The minimum atomic E-state index is -2.24. The Hall–Kier alpha value is -6.43. The number of anilines is 1. The van der Waals surface area contributed by atoms with Crippen molar-refractivity contribution in [2.24, 2.45) is 0 Å². The molecule has 8 aromatic rings. The molecule has 6 aromatic carbocycles. The number of aryl methyl sites for hydroxylation is 1. The van der Waals surface area contributed by atoms with Gasteiger partial charge in [0.1, 0.15) is 16.8 Å². The average Bonchev–Trinajstić information content (AvgIpc) is 3.76. The highest BCUT2D eigenvalue weighted by Crippen LogP contribution is 2.46. The highest BCUT2D eigenvalue weighted by molar-refractivity contribution is 6.74. The molecule has 8 rings (SSSR count). The van der Waals surface area contributed by atoms with E-state index in [1.165, 1.54) is 0 Å². The van der Waals surface area contributed by atoms with E-state index in [4.69, 9.17) is 33.7 Å². The van der Waals surface area contributed by atoms with Gasteiger partial charge in [-0.25, -0.2) is 20.4 Å². The van der Waals surface area contributed by atoms with Gasteiger partial charge in [0, 0.05) is 6.54 Å². The molecule has 0 bridgehead atoms. The summed E-state index contributed by atoms with van der Waals surface area (Å²) >= 11 is 0. The van der Waals surface area contributed by atoms with Crippen LogP contribution in [-0.4, -0.2) is 54.8 Å². The van der Waals surface area contributed by atoms with Gasteiger partial charge in [-0.2, -0.15) is 0 Å². The van der Waals surface area contributed by atoms with Crippen LogP contribution in [0, 0.1) is 0 Å². The van der Waals surface area contributed by atoms with Gasteiger partial charge in [0.2, 0.25) is 0 Å². The van der Waals surface area contributed by atoms with Gasteiger partial charge in [-0.1, -0.05) is 185 Å². The molecule has 1 atom stereocenters. The van der Waals surface area contributed by atoms with E-state index in [2.05, 4.69) is 177 Å². The predicted octanol–water partition coefficient (Wildman–Crippen LogP) is 12.0. The topological polar surface area (TPSA) is 92.6 Å². The number of fused-ring (bicyclic) bond motifs is 1. The van der Waals surface area contributed by atoms with Gasteiger partial charge in [-0.15, -0.1) is 0 Å². The Labute approximate surface area is 384 Å². The quantitative estimate of drug-likeness (QED) is 0.0517. The first kappa shape index (κ1) is 45.1. The van der Waals surface area contributed by atoms with E-state index in [1.807, 2.05) is 48.8 Å². The lowest BCUT2D eigenvalue weighted by Gasteiger charge is -2.41. The highest BCUT2D eigenvalue weighted by Gasteiger charge is 2.44. The monoisotopic (exact) mass is 881 g/mol. The molecule has 1 N–H and O–H groups in total. The van der Waals surface area contributed by atoms with E-state index in [1.54, 1.807) is 14.2 Å². The molecule has 65 heavy (non-hydrogen) atoms. The second-order valence-corrected chi connectivity index (χ2v) is 22.7. The van der Waals surface area contributed by atoms with Crippen LogP contribution >= 0.6 is 0 Å². The number of hydrogen-bond acceptors (Lipinski definition) is 8. The molecule has 0 amide bonds. The van der Waals surface area contributed by atoms with E-state index < -0.39 is 25.4 Å². The van der Waals surface area contributed by atoms with Crippen molar-refractivity contribution in [1.29, 1.82) is 0 Å². The van der Waals surface area contributed by atoms with Crippen molar-refractivity contribution in [3.63, 3.8) is 0 Å². The van der Waals surface area contributed by atoms with Crippen LogP contribution in [0.15, 0.2) is 182 Å². The fourth-order valence-electron chi connectivity index (χ4n) is 8.51. The molecule has 2 aromatic heterocycles. The van der Waals surface area contributed by atoms with Crippen molar-refractivity contribution in [1.82, 2.24) is 19.5 Å². The van der Waals surface area contributed by atoms with E-state index in [0.717, 1.165) is 39.1 Å². The van der Waals surface area contributed by atoms with Crippen molar-refractivity contribution in [2.75, 3.05) is 26.3 Å². The minimum absolute atomic E-state index is 0.0122. The molecule has 9 nitrogen and oxygen atoms in total. The highest BCUT2D eigenvalue weighted by atomic mass is 28.4. The maximum Gasteiger partial charge on any atom is 0.192 e. The number of methoxy groups -OCH3 is 1. The van der Waals surface area contributed by atoms with Gasteiger partial charge >= 0.3 is 0 Å². The fourth-order valence-corrected chi connectivity index (χ4v) is 9.55. The maximum atomic E-state index is 7.77. The van der Waals surface area contributed by atoms with Crippen molar-refractivity contribution in [3.05, 3.63) is 221 Å². The predicted molar refractivity (Wildman–Crippen MR) is 263 cm³/mol. The fraction of sp³-hybridized carbons (Fsp3) is 0.255. The van der Waals surface area contributed by atoms with Crippen LogP contribution in [0.25, 0.3) is 11.2 Å². The van der Waals surface area contributed by atoms with Crippen molar-refractivity contribution >= 4 is 25.3 Å². The van der Waals surface area contributed by atoms with Crippen LogP contribution in [0.4, 0.5) is 5.82 Å². The van der Waals surface area contributed by atoms with Crippen LogP contribution in [0.1, 0.15) is 66.4 Å². The smallest absolute Gasteiger partial charge is 0.192 e. The second kappa shape index (κ2) is 19.4. The third-order valence-corrected chi connectivity index (χ3v) is 17.4. The summed E-state index contributed by atoms with van der Waals surface area (Å²) in [5, 5.41) is -0.0122. The Kier molecular flexibility index (Phi) is 13.4. The van der Waals surface area contributed by atoms with Gasteiger partial charge in [-0.3, -0.25) is 4.84 Å². The number of imidazole rings is 1. The second-order valence-electron chi connectivity index (χ2n) is 17.9. The summed E-state index contributed by atoms with van der Waals surface area (Å²) in [7, 11) is 1.05. The summed E-state index contributed by atoms with van der Waals surface area (Å²) in [6, 6.07) is 60.5. The third kappa shape index (κ3) is 9.00. The molecule has 0 fully saturated rings. The summed E-state index contributed by atoms with van der Waals surface area (Å²) in [5.41, 5.74) is 8.41. The van der Waals surface area contributed by atoms with Gasteiger partial charge in [-0.05, 0) is 70.1 Å². The molecule has 0 saturated heterocycles. The van der Waals surface area contributed by atoms with Crippen LogP contribution in [-0.2, 0) is 31.6 Å². The lowest BCUT2D eigenvalue weighted by atomic mass is 9.68. The number of aromatic nitrogens is 4. The maximum absolute atomic E-state index is 7.77. The van der Waals surface area contributed by atoms with Crippen molar-refractivity contribution in [3.8, 4) is 5.75 Å². The zero-order chi connectivity index (χ0) is 45.5. The molecule has 10 heteroatoms. The Morgan fingerprint density at radius 3 is 1.58 bits per heavy atom. The summed E-state index contributed by atoms with van der Waals surface area (Å²) < 4.78 is 22.8. The van der Waals surface area contributed by atoms with E-state index in [9.17, 15) is 0 Å². The first-order valence-corrected chi connectivity index (χ1v) is 25.2. The van der Waals surface area contributed by atoms with Crippen LogP contribution in [0.5, 0.6) is 5.75 Å². The summed E-state index contributed by atoms with van der Waals surface area (Å²) in [6.45, 7) is 12.3. The molecule has 1 unspecified atom stereocenters. The molecular weight excluding hydrogens is 823 g/mol. The molecule has 0 saturated carbocycles. The van der Waals surface area contributed by atoms with Crippen LogP contribution in [0.3, 0.4) is 0 Å². The van der Waals surface area contributed by atoms with E-state index >= 15 is 0 Å². The molecule has 2 heterocycles. The number of hydrogen-bond donors (Lipinski definition) is 1. The zero-order valence-corrected chi connectivity index (χ0v) is 39.4. The Balaban J connectivity index is 1.29. The van der Waals surface area contributed by atoms with Gasteiger partial charge in [0.05, 0.1) is 33.3 Å². The lowest BCUT2D eigenvalue weighted by Crippen LogP contribution is -2.45. The number of nitrogens with zero attached hydrogens (tertiary/aromatic N) is 4. The van der Waals surface area contributed by atoms with Crippen molar-refractivity contribution < 1.29 is 18.7 Å². The normalized spacial score (nSPS) is 12.8. The molecule has 0 aliphatic heterocycles. The molecule has 0 aliphatic carbocycles. The van der Waals surface area contributed by atoms with Gasteiger partial charge < -0.3 is 18.5 Å². The van der Waals surface area contributed by atoms with E-state index in [-0.39, 0.29) is 5.04 Å². The summed E-state index contributed by atoms with van der Waals surface area (Å²) in [6.07, 6.45) is 2.01. The number of rotatable bonds is 18. The van der Waals surface area contributed by atoms with Gasteiger partial charge in [0.15, 0.2) is 31.1 Å². The Morgan fingerprint density at radius 1 is 0.615 bits per heavy atom. The summed E-state index contributed by atoms with van der Waals surface area (Å²) in [5.74, 6) is 1.79. The van der Waals surface area contributed by atoms with Crippen molar-refractivity contribution in [2.45, 2.75) is 69.0 Å².